The van der Waals surface area contributed by atoms with Crippen LogP contribution in [0.15, 0.2) is 0 Å². The molecule has 0 aromatic carbocycles. The summed E-state index contributed by atoms with van der Waals surface area (Å²) >= 11 is 1.65. The first kappa shape index (κ1) is 14.3. The molecule has 1 amide bonds. The van der Waals surface area contributed by atoms with Crippen molar-refractivity contribution in [3.63, 3.8) is 0 Å². The van der Waals surface area contributed by atoms with Gasteiger partial charge in [-0.1, -0.05) is 19.3 Å². The van der Waals surface area contributed by atoms with Crippen LogP contribution in [0.25, 0.3) is 0 Å². The fourth-order valence-electron chi connectivity index (χ4n) is 1.12. The van der Waals surface area contributed by atoms with Crippen LogP contribution in [0.4, 0.5) is 0 Å². The molecule has 0 bridgehead atoms. The molecule has 0 fully saturated rings. The first-order chi connectivity index (χ1) is 7.24. The third kappa shape index (κ3) is 8.34. The van der Waals surface area contributed by atoms with Crippen molar-refractivity contribution in [1.29, 1.82) is 0 Å². The van der Waals surface area contributed by atoms with Crippen molar-refractivity contribution in [1.82, 2.24) is 5.32 Å². The van der Waals surface area contributed by atoms with E-state index in [0.29, 0.717) is 31.2 Å². The van der Waals surface area contributed by atoms with Crippen molar-refractivity contribution in [3.8, 4) is 12.3 Å². The summed E-state index contributed by atoms with van der Waals surface area (Å²) in [6.07, 6.45) is 6.59. The normalized spacial score (nSPS) is 11.8. The fourth-order valence-corrected chi connectivity index (χ4v) is 1.63. The van der Waals surface area contributed by atoms with E-state index < -0.39 is 0 Å². The highest BCUT2D eigenvalue weighted by Crippen LogP contribution is 2.05. The highest BCUT2D eigenvalue weighted by molar-refractivity contribution is 7.99. The second-order valence-corrected chi connectivity index (χ2v) is 4.43. The lowest BCUT2D eigenvalue weighted by molar-refractivity contribution is -0.121. The van der Waals surface area contributed by atoms with Crippen LogP contribution >= 0.6 is 11.8 Å². The zero-order chi connectivity index (χ0) is 11.5. The molecule has 0 aromatic heterocycles. The van der Waals surface area contributed by atoms with Gasteiger partial charge in [-0.25, -0.2) is 0 Å². The smallest absolute Gasteiger partial charge is 0.220 e. The van der Waals surface area contributed by atoms with Crippen LogP contribution in [0.1, 0.15) is 19.8 Å². The van der Waals surface area contributed by atoms with Crippen molar-refractivity contribution in [2.45, 2.75) is 19.8 Å². The van der Waals surface area contributed by atoms with E-state index >= 15 is 0 Å². The Morgan fingerprint density at radius 2 is 2.40 bits per heavy atom. The average Bonchev–Trinajstić information content (AvgIpc) is 2.25. The first-order valence-corrected chi connectivity index (χ1v) is 6.38. The Balaban J connectivity index is 3.45. The van der Waals surface area contributed by atoms with E-state index in [1.54, 1.807) is 11.8 Å². The molecule has 15 heavy (non-hydrogen) atoms. The third-order valence-electron chi connectivity index (χ3n) is 2.14. The summed E-state index contributed by atoms with van der Waals surface area (Å²) in [6.45, 7) is 3.32. The summed E-state index contributed by atoms with van der Waals surface area (Å²) in [5.41, 5.74) is 5.52. The summed E-state index contributed by atoms with van der Waals surface area (Å²) in [5, 5.41) is 2.86. The lowest BCUT2D eigenvalue weighted by Crippen LogP contribution is -2.29. The van der Waals surface area contributed by atoms with Crippen LogP contribution in [0.3, 0.4) is 0 Å². The molecule has 0 saturated carbocycles. The minimum Gasteiger partial charge on any atom is -0.355 e. The Labute approximate surface area is 96.6 Å². The second-order valence-electron chi connectivity index (χ2n) is 3.32. The van der Waals surface area contributed by atoms with Crippen LogP contribution in [-0.4, -0.2) is 30.5 Å². The Hall–Kier alpha value is -0.660. The Morgan fingerprint density at radius 1 is 1.67 bits per heavy atom. The monoisotopic (exact) mass is 228 g/mol. The molecule has 0 aromatic rings. The lowest BCUT2D eigenvalue weighted by atomic mass is 10.0. The molecule has 3 N–H and O–H groups in total. The van der Waals surface area contributed by atoms with Crippen molar-refractivity contribution >= 4 is 17.7 Å². The Bertz CT molecular complexity index is 209. The van der Waals surface area contributed by atoms with Crippen molar-refractivity contribution in [2.75, 3.05) is 24.6 Å². The van der Waals surface area contributed by atoms with Gasteiger partial charge in [-0.2, -0.15) is 0 Å². The molecule has 86 valence electrons. The number of hydrogen-bond acceptors (Lipinski definition) is 3. The fraction of sp³-hybridized carbons (Fsp3) is 0.727. The molecule has 1 atom stereocenters. The van der Waals surface area contributed by atoms with Gasteiger partial charge in [0.15, 0.2) is 0 Å². The summed E-state index contributed by atoms with van der Waals surface area (Å²) in [4.78, 5) is 11.4. The predicted molar refractivity (Wildman–Crippen MR) is 66.6 cm³/mol. The highest BCUT2D eigenvalue weighted by Gasteiger charge is 2.09. The topological polar surface area (TPSA) is 55.1 Å². The summed E-state index contributed by atoms with van der Waals surface area (Å²) in [5.74, 6) is 4.52. The van der Waals surface area contributed by atoms with Crippen LogP contribution in [-0.2, 0) is 4.79 Å². The van der Waals surface area contributed by atoms with Gasteiger partial charge in [0, 0.05) is 18.7 Å². The number of terminal acetylenes is 1. The standard InChI is InChI=1S/C11H20N2OS/c1-3-6-15-7-5-13-11(14)8-10(4-2)9-12/h1,10H,4-9,12H2,2H3,(H,13,14). The highest BCUT2D eigenvalue weighted by atomic mass is 32.2. The van der Waals surface area contributed by atoms with Gasteiger partial charge in [-0.3, -0.25) is 4.79 Å². The van der Waals surface area contributed by atoms with E-state index in [9.17, 15) is 4.79 Å². The zero-order valence-corrected chi connectivity index (χ0v) is 10.1. The number of amides is 1. The SMILES string of the molecule is C#CCSCCNC(=O)CC(CC)CN. The van der Waals surface area contributed by atoms with E-state index in [1.165, 1.54) is 0 Å². The largest absolute Gasteiger partial charge is 0.355 e. The van der Waals surface area contributed by atoms with E-state index in [4.69, 9.17) is 12.2 Å². The minimum atomic E-state index is 0.0913. The van der Waals surface area contributed by atoms with Gasteiger partial charge in [0.1, 0.15) is 0 Å². The number of hydrogen-bond donors (Lipinski definition) is 2. The molecule has 0 aliphatic heterocycles. The molecule has 4 heteroatoms. The van der Waals surface area contributed by atoms with Gasteiger partial charge in [-0.05, 0) is 12.5 Å². The van der Waals surface area contributed by atoms with Gasteiger partial charge in [0.2, 0.25) is 5.91 Å². The number of carbonyl (C=O) groups is 1. The predicted octanol–water partition coefficient (Wildman–Crippen LogP) is 0.844. The van der Waals surface area contributed by atoms with Crippen molar-refractivity contribution < 1.29 is 4.79 Å². The number of nitrogens with one attached hydrogen (secondary N) is 1. The quantitative estimate of drug-likeness (QED) is 0.478. The molecule has 3 nitrogen and oxygen atoms in total. The van der Waals surface area contributed by atoms with Crippen LogP contribution in [0.5, 0.6) is 0 Å². The maximum Gasteiger partial charge on any atom is 0.220 e. The molecule has 0 aliphatic rings. The maximum absolute atomic E-state index is 11.4. The number of nitrogens with two attached hydrogens (primary N) is 1. The lowest BCUT2D eigenvalue weighted by Gasteiger charge is -2.11. The number of thioether (sulfide) groups is 1. The van der Waals surface area contributed by atoms with Crippen LogP contribution < -0.4 is 11.1 Å². The van der Waals surface area contributed by atoms with Gasteiger partial charge < -0.3 is 11.1 Å². The van der Waals surface area contributed by atoms with Crippen molar-refractivity contribution in [3.05, 3.63) is 0 Å². The Morgan fingerprint density at radius 3 is 2.93 bits per heavy atom. The van der Waals surface area contributed by atoms with Gasteiger partial charge in [0.05, 0.1) is 5.75 Å². The van der Waals surface area contributed by atoms with Gasteiger partial charge in [-0.15, -0.1) is 18.2 Å². The van der Waals surface area contributed by atoms with Crippen LogP contribution in [0.2, 0.25) is 0 Å². The zero-order valence-electron chi connectivity index (χ0n) is 9.29. The van der Waals surface area contributed by atoms with E-state index in [2.05, 4.69) is 11.2 Å². The van der Waals surface area contributed by atoms with E-state index in [0.717, 1.165) is 12.2 Å². The summed E-state index contributed by atoms with van der Waals surface area (Å²) in [7, 11) is 0. The van der Waals surface area contributed by atoms with E-state index in [1.807, 2.05) is 6.92 Å². The Kier molecular flexibility index (Phi) is 9.44. The molecule has 0 radical (unpaired) electrons. The molecule has 1 unspecified atom stereocenters. The second kappa shape index (κ2) is 9.88. The first-order valence-electron chi connectivity index (χ1n) is 5.22. The molecular formula is C11H20N2OS. The molecule has 0 rings (SSSR count). The van der Waals surface area contributed by atoms with Crippen LogP contribution in [0, 0.1) is 18.3 Å². The molecule has 0 aliphatic carbocycles. The molecule has 0 saturated heterocycles. The minimum absolute atomic E-state index is 0.0913. The van der Waals surface area contributed by atoms with Gasteiger partial charge >= 0.3 is 0 Å². The third-order valence-corrected chi connectivity index (χ3v) is 3.00. The maximum atomic E-state index is 11.4. The number of rotatable bonds is 8. The van der Waals surface area contributed by atoms with E-state index in [-0.39, 0.29) is 5.91 Å². The number of carbonyl (C=O) groups excluding carboxylic acids is 1. The molecular weight excluding hydrogens is 208 g/mol. The van der Waals surface area contributed by atoms with Crippen molar-refractivity contribution in [2.24, 2.45) is 11.7 Å². The average molecular weight is 228 g/mol. The van der Waals surface area contributed by atoms with Gasteiger partial charge in [0.25, 0.3) is 0 Å². The molecule has 0 heterocycles. The summed E-state index contributed by atoms with van der Waals surface area (Å²) in [6, 6.07) is 0. The molecule has 0 spiro atoms. The summed E-state index contributed by atoms with van der Waals surface area (Å²) < 4.78 is 0.